The van der Waals surface area contributed by atoms with Gasteiger partial charge in [-0.2, -0.15) is 0 Å². The predicted molar refractivity (Wildman–Crippen MR) is 111 cm³/mol. The van der Waals surface area contributed by atoms with E-state index in [1.807, 2.05) is 24.3 Å². The normalized spacial score (nSPS) is 12.7. The van der Waals surface area contributed by atoms with Crippen molar-refractivity contribution < 1.29 is 22.5 Å². The summed E-state index contributed by atoms with van der Waals surface area (Å²) < 4.78 is 40.1. The zero-order chi connectivity index (χ0) is 21.0. The number of rotatable bonds is 8. The van der Waals surface area contributed by atoms with Gasteiger partial charge in [0.2, 0.25) is 0 Å². The van der Waals surface area contributed by atoms with Crippen molar-refractivity contribution >= 4 is 26.7 Å². The lowest BCUT2D eigenvalue weighted by Crippen LogP contribution is -2.14. The molecule has 0 aliphatic rings. The summed E-state index contributed by atoms with van der Waals surface area (Å²) in [4.78, 5) is 12.2. The highest BCUT2D eigenvalue weighted by molar-refractivity contribution is 7.86. The lowest BCUT2D eigenvalue weighted by atomic mass is 9.99. The summed E-state index contributed by atoms with van der Waals surface area (Å²) in [6, 6.07) is 17.2. The van der Waals surface area contributed by atoms with Crippen LogP contribution in [0.2, 0.25) is 0 Å². The fourth-order valence-corrected chi connectivity index (χ4v) is 3.94. The van der Waals surface area contributed by atoms with Crippen LogP contribution >= 0.6 is 0 Å². The highest BCUT2D eigenvalue weighted by Crippen LogP contribution is 2.27. The smallest absolute Gasteiger partial charge is 0.174 e. The average Bonchev–Trinajstić information content (AvgIpc) is 2.71. The van der Waals surface area contributed by atoms with E-state index in [-0.39, 0.29) is 23.7 Å². The Labute approximate surface area is 171 Å². The highest BCUT2D eigenvalue weighted by Gasteiger charge is 2.13. The lowest BCUT2D eigenvalue weighted by molar-refractivity contribution is -0.120. The highest BCUT2D eigenvalue weighted by atomic mass is 32.2. The molecule has 29 heavy (non-hydrogen) atoms. The number of Topliss-reactive ketones (excluding diaryl/α,β-unsaturated/α-hetero) is 1. The van der Waals surface area contributed by atoms with Gasteiger partial charge < -0.3 is 9.29 Å². The number of ketones is 1. The molecule has 3 aromatic carbocycles. The Morgan fingerprint density at radius 1 is 1.00 bits per heavy atom. The van der Waals surface area contributed by atoms with Gasteiger partial charge in [-0.1, -0.05) is 56.3 Å². The van der Waals surface area contributed by atoms with E-state index < -0.39 is 10.1 Å². The summed E-state index contributed by atoms with van der Waals surface area (Å²) in [6.07, 6.45) is 1.14. The van der Waals surface area contributed by atoms with Crippen molar-refractivity contribution in [3.05, 3.63) is 71.8 Å². The van der Waals surface area contributed by atoms with E-state index in [0.717, 1.165) is 6.42 Å². The van der Waals surface area contributed by atoms with Crippen LogP contribution in [0.3, 0.4) is 0 Å². The minimum Gasteiger partial charge on any atom is -0.744 e. The van der Waals surface area contributed by atoms with E-state index in [2.05, 4.69) is 13.8 Å². The summed E-state index contributed by atoms with van der Waals surface area (Å²) in [7, 11) is -4.59. The lowest BCUT2D eigenvalue weighted by Gasteiger charge is -2.14. The first-order valence-electron chi connectivity index (χ1n) is 9.50. The zero-order valence-corrected chi connectivity index (χ0v) is 17.2. The number of fused-ring (bicyclic) bond motifs is 1. The van der Waals surface area contributed by atoms with Crippen LogP contribution in [0.15, 0.2) is 65.6 Å². The molecule has 0 aliphatic carbocycles. The fourth-order valence-electron chi connectivity index (χ4n) is 3.26. The van der Waals surface area contributed by atoms with Crippen LogP contribution in [0.25, 0.3) is 10.8 Å². The van der Waals surface area contributed by atoms with E-state index in [4.69, 9.17) is 4.74 Å². The molecule has 0 spiro atoms. The Morgan fingerprint density at radius 3 is 2.28 bits per heavy atom. The predicted octanol–water partition coefficient (Wildman–Crippen LogP) is 4.45. The Hall–Kier alpha value is -2.70. The van der Waals surface area contributed by atoms with Gasteiger partial charge in [-0.15, -0.1) is 0 Å². The van der Waals surface area contributed by atoms with Gasteiger partial charge in [0.25, 0.3) is 0 Å². The van der Waals surface area contributed by atoms with Crippen molar-refractivity contribution in [3.8, 4) is 5.75 Å². The van der Waals surface area contributed by atoms with Crippen LogP contribution in [0, 0.1) is 0 Å². The van der Waals surface area contributed by atoms with Crippen molar-refractivity contribution in [3.63, 3.8) is 0 Å². The molecule has 152 valence electrons. The number of carbonyl (C=O) groups is 1. The standard InChI is InChI=1S/C23H24O5S/c1-3-16(2)17-8-11-20(12-9-17)28-15-19(24)14-18-10-13-23(29(25,26)27)22-7-5-4-6-21(18)22/h4-13,16H,3,14-15H2,1-2H3,(H,25,26,27)/p-1. The van der Waals surface area contributed by atoms with Gasteiger partial charge in [0.05, 0.1) is 4.90 Å². The van der Waals surface area contributed by atoms with Crippen LogP contribution in [0.1, 0.15) is 37.3 Å². The third-order valence-corrected chi connectivity index (χ3v) is 5.99. The molecule has 0 saturated carbocycles. The fraction of sp³-hybridized carbons (Fsp3) is 0.261. The molecule has 3 aromatic rings. The van der Waals surface area contributed by atoms with Crippen molar-refractivity contribution in [2.75, 3.05) is 6.61 Å². The Kier molecular flexibility index (Phi) is 6.35. The van der Waals surface area contributed by atoms with Crippen LogP contribution in [-0.4, -0.2) is 25.4 Å². The van der Waals surface area contributed by atoms with E-state index in [1.54, 1.807) is 24.3 Å². The summed E-state index contributed by atoms with van der Waals surface area (Å²) >= 11 is 0. The van der Waals surface area contributed by atoms with E-state index in [9.17, 15) is 17.8 Å². The van der Waals surface area contributed by atoms with Crippen molar-refractivity contribution in [1.82, 2.24) is 0 Å². The maximum absolute atomic E-state index is 12.4. The van der Waals surface area contributed by atoms with Crippen LogP contribution in [0.4, 0.5) is 0 Å². The quantitative estimate of drug-likeness (QED) is 0.512. The van der Waals surface area contributed by atoms with Gasteiger partial charge in [0.1, 0.15) is 22.5 Å². The maximum atomic E-state index is 12.4. The minimum absolute atomic E-state index is 0.0847. The molecule has 5 nitrogen and oxygen atoms in total. The van der Waals surface area contributed by atoms with Gasteiger partial charge in [0, 0.05) is 6.42 Å². The first kappa shape index (κ1) is 21.0. The molecule has 0 N–H and O–H groups in total. The third kappa shape index (κ3) is 5.02. The second kappa shape index (κ2) is 8.76. The molecular formula is C23H23O5S-. The molecule has 0 heterocycles. The zero-order valence-electron chi connectivity index (χ0n) is 16.4. The molecule has 3 rings (SSSR count). The van der Waals surface area contributed by atoms with Crippen molar-refractivity contribution in [1.29, 1.82) is 0 Å². The number of hydrogen-bond donors (Lipinski definition) is 0. The second-order valence-electron chi connectivity index (χ2n) is 7.10. The summed E-state index contributed by atoms with van der Waals surface area (Å²) in [5.74, 6) is 0.960. The number of benzene rings is 3. The monoisotopic (exact) mass is 411 g/mol. The molecule has 0 aromatic heterocycles. The summed E-state index contributed by atoms with van der Waals surface area (Å²) in [5.41, 5.74) is 1.89. The number of carbonyl (C=O) groups excluding carboxylic acids is 1. The minimum atomic E-state index is -4.59. The largest absolute Gasteiger partial charge is 0.744 e. The average molecular weight is 411 g/mol. The van der Waals surface area contributed by atoms with Gasteiger partial charge in [-0.05, 0) is 52.4 Å². The van der Waals surface area contributed by atoms with Crippen LogP contribution in [-0.2, 0) is 21.3 Å². The molecule has 6 heteroatoms. The van der Waals surface area contributed by atoms with Crippen molar-refractivity contribution in [2.45, 2.75) is 37.5 Å². The first-order chi connectivity index (χ1) is 13.8. The number of hydrogen-bond acceptors (Lipinski definition) is 5. The topological polar surface area (TPSA) is 83.5 Å². The number of ether oxygens (including phenoxy) is 1. The molecule has 0 amide bonds. The van der Waals surface area contributed by atoms with E-state index in [0.29, 0.717) is 28.0 Å². The van der Waals surface area contributed by atoms with Gasteiger partial charge in [0.15, 0.2) is 5.78 Å². The van der Waals surface area contributed by atoms with E-state index >= 15 is 0 Å². The molecule has 0 bridgehead atoms. The van der Waals surface area contributed by atoms with Crippen LogP contribution in [0.5, 0.6) is 5.75 Å². The molecule has 1 atom stereocenters. The summed E-state index contributed by atoms with van der Waals surface area (Å²) in [5, 5.41) is 0.907. The van der Waals surface area contributed by atoms with Crippen LogP contribution < -0.4 is 4.74 Å². The van der Waals surface area contributed by atoms with Gasteiger partial charge in [-0.25, -0.2) is 8.42 Å². The molecule has 0 radical (unpaired) electrons. The second-order valence-corrected chi connectivity index (χ2v) is 8.45. The third-order valence-electron chi connectivity index (χ3n) is 5.09. The first-order valence-corrected chi connectivity index (χ1v) is 10.9. The van der Waals surface area contributed by atoms with Gasteiger partial charge in [-0.3, -0.25) is 4.79 Å². The van der Waals surface area contributed by atoms with E-state index in [1.165, 1.54) is 17.7 Å². The Bertz CT molecular complexity index is 1120. The van der Waals surface area contributed by atoms with Gasteiger partial charge >= 0.3 is 0 Å². The summed E-state index contributed by atoms with van der Waals surface area (Å²) in [6.45, 7) is 4.21. The molecule has 1 unspecified atom stereocenters. The molecule has 0 fully saturated rings. The Balaban J connectivity index is 1.72. The molecular weight excluding hydrogens is 388 g/mol. The molecule has 0 aliphatic heterocycles. The maximum Gasteiger partial charge on any atom is 0.174 e. The van der Waals surface area contributed by atoms with Crippen molar-refractivity contribution in [2.24, 2.45) is 0 Å². The molecule has 0 saturated heterocycles. The Morgan fingerprint density at radius 2 is 1.66 bits per heavy atom. The SMILES string of the molecule is CCC(C)c1ccc(OCC(=O)Cc2ccc(S(=O)(=O)[O-])c3ccccc23)cc1.